The molecule has 0 aliphatic carbocycles. The lowest BCUT2D eigenvalue weighted by molar-refractivity contribution is 0.104. The van der Waals surface area contributed by atoms with E-state index in [0.717, 1.165) is 11.3 Å². The third kappa shape index (κ3) is 5.01. The van der Waals surface area contributed by atoms with Gasteiger partial charge in [-0.1, -0.05) is 18.2 Å². The molecule has 5 nitrogen and oxygen atoms in total. The van der Waals surface area contributed by atoms with Crippen molar-refractivity contribution in [3.8, 4) is 5.75 Å². The van der Waals surface area contributed by atoms with Crippen molar-refractivity contribution in [1.82, 2.24) is 10.6 Å². The summed E-state index contributed by atoms with van der Waals surface area (Å²) in [5, 5.41) is 5.38. The molecule has 2 N–H and O–H groups in total. The van der Waals surface area contributed by atoms with Gasteiger partial charge in [0.25, 0.3) is 0 Å². The van der Waals surface area contributed by atoms with Crippen LogP contribution in [-0.2, 0) is 4.74 Å². The summed E-state index contributed by atoms with van der Waals surface area (Å²) in [5.74, 6) is 0.760. The van der Waals surface area contributed by atoms with E-state index in [9.17, 15) is 4.79 Å². The predicted octanol–water partition coefficient (Wildman–Crippen LogP) is 1.87. The number of ether oxygens (including phenoxy) is 2. The number of carbonyl (C=O) groups is 1. The van der Waals surface area contributed by atoms with Crippen LogP contribution in [-0.4, -0.2) is 33.3 Å². The summed E-state index contributed by atoms with van der Waals surface area (Å²) in [6.07, 6.45) is 1.40. The number of carbonyl (C=O) groups excluding carboxylic acids is 1. The topological polar surface area (TPSA) is 59.6 Å². The van der Waals surface area contributed by atoms with Crippen molar-refractivity contribution in [2.24, 2.45) is 0 Å². The Morgan fingerprint density at radius 1 is 1.42 bits per heavy atom. The van der Waals surface area contributed by atoms with Crippen LogP contribution in [0.3, 0.4) is 0 Å². The first-order valence-corrected chi connectivity index (χ1v) is 6.00. The summed E-state index contributed by atoms with van der Waals surface area (Å²) in [7, 11) is 3.22. The number of amides is 2. The Labute approximate surface area is 113 Å². The largest absolute Gasteiger partial charge is 0.497 e. The second kappa shape index (κ2) is 8.16. The maximum atomic E-state index is 11.4. The Morgan fingerprint density at radius 2 is 2.21 bits per heavy atom. The highest BCUT2D eigenvalue weighted by atomic mass is 16.5. The first-order chi connectivity index (χ1) is 9.21. The van der Waals surface area contributed by atoms with Gasteiger partial charge in [-0.15, -0.1) is 6.58 Å². The fraction of sp³-hybridized carbons (Fsp3) is 0.357. The van der Waals surface area contributed by atoms with Gasteiger partial charge < -0.3 is 20.1 Å². The molecule has 0 saturated heterocycles. The van der Waals surface area contributed by atoms with Crippen LogP contribution in [0, 0.1) is 0 Å². The van der Waals surface area contributed by atoms with Gasteiger partial charge in [0.1, 0.15) is 5.75 Å². The molecule has 0 aromatic heterocycles. The van der Waals surface area contributed by atoms with Gasteiger partial charge >= 0.3 is 6.03 Å². The number of nitrogens with one attached hydrogen (secondary N) is 2. The molecule has 1 atom stereocenters. The van der Waals surface area contributed by atoms with Crippen molar-refractivity contribution in [3.05, 3.63) is 42.5 Å². The molecular weight excluding hydrogens is 244 g/mol. The lowest BCUT2D eigenvalue weighted by atomic mass is 10.1. The minimum absolute atomic E-state index is 0.218. The fourth-order valence-electron chi connectivity index (χ4n) is 1.59. The predicted molar refractivity (Wildman–Crippen MR) is 74.3 cm³/mol. The van der Waals surface area contributed by atoms with Crippen LogP contribution in [0.5, 0.6) is 5.75 Å². The maximum Gasteiger partial charge on any atom is 0.315 e. The molecule has 1 aromatic carbocycles. The first kappa shape index (κ1) is 15.0. The summed E-state index contributed by atoms with van der Waals surface area (Å²) in [6.45, 7) is 4.34. The zero-order chi connectivity index (χ0) is 14.1. The molecule has 0 bridgehead atoms. The second-order valence-electron chi connectivity index (χ2n) is 3.88. The standard InChI is InChI=1S/C14H20N2O3/c1-4-8-15-14(17)16-10-13(19-3)11-6-5-7-12(9-11)18-2/h4-7,9,13H,1,8,10H2,2-3H3,(H2,15,16,17). The molecule has 0 spiro atoms. The van der Waals surface area contributed by atoms with E-state index in [1.54, 1.807) is 20.3 Å². The van der Waals surface area contributed by atoms with E-state index in [4.69, 9.17) is 9.47 Å². The molecule has 1 rings (SSSR count). The number of hydrogen-bond donors (Lipinski definition) is 2. The summed E-state index contributed by atoms with van der Waals surface area (Å²) in [4.78, 5) is 11.4. The Kier molecular flexibility index (Phi) is 6.46. The molecule has 0 radical (unpaired) electrons. The average Bonchev–Trinajstić information content (AvgIpc) is 2.46. The Bertz CT molecular complexity index is 421. The SMILES string of the molecule is C=CCNC(=O)NCC(OC)c1cccc(OC)c1. The monoisotopic (exact) mass is 264 g/mol. The zero-order valence-corrected chi connectivity index (χ0v) is 11.3. The minimum atomic E-state index is -0.246. The van der Waals surface area contributed by atoms with E-state index < -0.39 is 0 Å². The maximum absolute atomic E-state index is 11.4. The Hall–Kier alpha value is -2.01. The van der Waals surface area contributed by atoms with E-state index in [2.05, 4.69) is 17.2 Å². The van der Waals surface area contributed by atoms with Crippen molar-refractivity contribution < 1.29 is 14.3 Å². The van der Waals surface area contributed by atoms with Crippen LogP contribution in [0.2, 0.25) is 0 Å². The number of hydrogen-bond acceptors (Lipinski definition) is 3. The van der Waals surface area contributed by atoms with Crippen LogP contribution < -0.4 is 15.4 Å². The van der Waals surface area contributed by atoms with Crippen LogP contribution in [0.4, 0.5) is 4.79 Å². The highest BCUT2D eigenvalue weighted by Gasteiger charge is 2.12. The van der Waals surface area contributed by atoms with Crippen molar-refractivity contribution >= 4 is 6.03 Å². The highest BCUT2D eigenvalue weighted by molar-refractivity contribution is 5.73. The summed E-state index contributed by atoms with van der Waals surface area (Å²) < 4.78 is 10.5. The lowest BCUT2D eigenvalue weighted by Crippen LogP contribution is -2.38. The quantitative estimate of drug-likeness (QED) is 0.739. The van der Waals surface area contributed by atoms with Crippen LogP contribution in [0.1, 0.15) is 11.7 Å². The van der Waals surface area contributed by atoms with Gasteiger partial charge in [0.15, 0.2) is 0 Å². The van der Waals surface area contributed by atoms with Gasteiger partial charge in [0.2, 0.25) is 0 Å². The molecule has 104 valence electrons. The molecule has 2 amide bonds. The molecule has 0 heterocycles. The van der Waals surface area contributed by atoms with Crippen molar-refractivity contribution in [3.63, 3.8) is 0 Å². The molecule has 0 fully saturated rings. The summed E-state index contributed by atoms with van der Waals surface area (Å²) in [5.41, 5.74) is 0.950. The first-order valence-electron chi connectivity index (χ1n) is 6.00. The van der Waals surface area contributed by atoms with E-state index >= 15 is 0 Å². The number of benzene rings is 1. The van der Waals surface area contributed by atoms with Crippen molar-refractivity contribution in [1.29, 1.82) is 0 Å². The van der Waals surface area contributed by atoms with Gasteiger partial charge in [0, 0.05) is 20.2 Å². The third-order valence-corrected chi connectivity index (χ3v) is 2.61. The number of rotatable bonds is 7. The molecule has 1 unspecified atom stereocenters. The fourth-order valence-corrected chi connectivity index (χ4v) is 1.59. The Balaban J connectivity index is 2.57. The minimum Gasteiger partial charge on any atom is -0.497 e. The number of urea groups is 1. The van der Waals surface area contributed by atoms with E-state index in [0.29, 0.717) is 13.1 Å². The molecule has 5 heteroatoms. The van der Waals surface area contributed by atoms with Gasteiger partial charge in [-0.05, 0) is 17.7 Å². The lowest BCUT2D eigenvalue weighted by Gasteiger charge is -2.17. The highest BCUT2D eigenvalue weighted by Crippen LogP contribution is 2.20. The molecular formula is C14H20N2O3. The van der Waals surface area contributed by atoms with E-state index in [-0.39, 0.29) is 12.1 Å². The number of methoxy groups -OCH3 is 2. The van der Waals surface area contributed by atoms with Crippen molar-refractivity contribution in [2.45, 2.75) is 6.10 Å². The van der Waals surface area contributed by atoms with Gasteiger partial charge in [-0.2, -0.15) is 0 Å². The van der Waals surface area contributed by atoms with Crippen LogP contribution in [0.15, 0.2) is 36.9 Å². The van der Waals surface area contributed by atoms with Gasteiger partial charge in [-0.3, -0.25) is 0 Å². The second-order valence-corrected chi connectivity index (χ2v) is 3.88. The third-order valence-electron chi connectivity index (χ3n) is 2.61. The molecule has 0 aliphatic heterocycles. The molecule has 0 saturated carbocycles. The summed E-state index contributed by atoms with van der Waals surface area (Å²) >= 11 is 0. The molecule has 19 heavy (non-hydrogen) atoms. The van der Waals surface area contributed by atoms with E-state index in [1.807, 2.05) is 24.3 Å². The smallest absolute Gasteiger partial charge is 0.315 e. The van der Waals surface area contributed by atoms with Crippen LogP contribution in [0.25, 0.3) is 0 Å². The Morgan fingerprint density at radius 3 is 2.84 bits per heavy atom. The summed E-state index contributed by atoms with van der Waals surface area (Å²) in [6, 6.07) is 7.32. The van der Waals surface area contributed by atoms with Gasteiger partial charge in [0.05, 0.1) is 13.2 Å². The van der Waals surface area contributed by atoms with Crippen molar-refractivity contribution in [2.75, 3.05) is 27.3 Å². The zero-order valence-electron chi connectivity index (χ0n) is 11.3. The molecule has 0 aliphatic rings. The molecule has 1 aromatic rings. The average molecular weight is 264 g/mol. The normalized spacial score (nSPS) is 11.5. The van der Waals surface area contributed by atoms with E-state index in [1.165, 1.54) is 0 Å². The van der Waals surface area contributed by atoms with Crippen LogP contribution >= 0.6 is 0 Å². The van der Waals surface area contributed by atoms with Gasteiger partial charge in [-0.25, -0.2) is 4.79 Å².